The summed E-state index contributed by atoms with van der Waals surface area (Å²) >= 11 is 2.73. The van der Waals surface area contributed by atoms with Crippen molar-refractivity contribution in [2.75, 3.05) is 19.5 Å². The van der Waals surface area contributed by atoms with E-state index in [-0.39, 0.29) is 11.2 Å². The van der Waals surface area contributed by atoms with Crippen molar-refractivity contribution in [2.45, 2.75) is 30.8 Å². The smallest absolute Gasteiger partial charge is 0.239 e. The number of nitrogens with one attached hydrogen (secondary N) is 1. The number of hydrogen-bond acceptors (Lipinski definition) is 8. The van der Waals surface area contributed by atoms with E-state index in [0.29, 0.717) is 34.2 Å². The van der Waals surface area contributed by atoms with Crippen molar-refractivity contribution in [1.29, 1.82) is 0 Å². The average molecular weight is 446 g/mol. The number of thiazole rings is 1. The van der Waals surface area contributed by atoms with E-state index >= 15 is 0 Å². The predicted molar refractivity (Wildman–Crippen MR) is 120 cm³/mol. The van der Waals surface area contributed by atoms with Gasteiger partial charge in [0.15, 0.2) is 27.6 Å². The molecule has 0 bridgehead atoms. The van der Waals surface area contributed by atoms with Gasteiger partial charge in [-0.2, -0.15) is 0 Å². The van der Waals surface area contributed by atoms with Gasteiger partial charge in [0.1, 0.15) is 0 Å². The first-order valence-electron chi connectivity index (χ1n) is 9.13. The topological polar surface area (TPSA) is 91.2 Å². The Morgan fingerprint density at radius 3 is 2.73 bits per heavy atom. The minimum absolute atomic E-state index is 0.143. The number of amides is 1. The van der Waals surface area contributed by atoms with E-state index in [1.54, 1.807) is 20.3 Å². The zero-order chi connectivity index (χ0) is 21.7. The fourth-order valence-electron chi connectivity index (χ4n) is 2.69. The van der Waals surface area contributed by atoms with Gasteiger partial charge in [0.25, 0.3) is 0 Å². The fraction of sp³-hybridized carbons (Fsp3) is 0.300. The highest BCUT2D eigenvalue weighted by molar-refractivity contribution is 8.00. The summed E-state index contributed by atoms with van der Waals surface area (Å²) in [5, 5.41) is 14.2. The molecule has 2 aromatic heterocycles. The molecule has 30 heavy (non-hydrogen) atoms. The first-order chi connectivity index (χ1) is 14.5. The van der Waals surface area contributed by atoms with Crippen molar-refractivity contribution in [3.8, 4) is 22.9 Å². The Balaban J connectivity index is 1.83. The number of rotatable bonds is 9. The molecule has 0 fully saturated rings. The van der Waals surface area contributed by atoms with Crippen LogP contribution in [-0.4, -0.2) is 45.1 Å². The Kier molecular flexibility index (Phi) is 7.11. The maximum absolute atomic E-state index is 12.6. The van der Waals surface area contributed by atoms with Crippen molar-refractivity contribution in [1.82, 2.24) is 19.7 Å². The Bertz CT molecular complexity index is 1050. The minimum atomic E-state index is -0.389. The van der Waals surface area contributed by atoms with Gasteiger partial charge in [0.05, 0.1) is 25.2 Å². The molecule has 8 nitrogen and oxygen atoms in total. The number of carbonyl (C=O) groups excluding carboxylic acids is 1. The number of methoxy groups -OCH3 is 2. The molecule has 0 saturated carbocycles. The molecule has 0 aliphatic carbocycles. The number of thioether (sulfide) groups is 1. The van der Waals surface area contributed by atoms with E-state index in [1.807, 2.05) is 42.0 Å². The van der Waals surface area contributed by atoms with Crippen molar-refractivity contribution in [2.24, 2.45) is 0 Å². The van der Waals surface area contributed by atoms with Crippen molar-refractivity contribution in [3.05, 3.63) is 41.9 Å². The van der Waals surface area contributed by atoms with Gasteiger partial charge >= 0.3 is 0 Å². The van der Waals surface area contributed by atoms with Crippen LogP contribution in [-0.2, 0) is 11.3 Å². The summed E-state index contributed by atoms with van der Waals surface area (Å²) in [5.41, 5.74) is 1.70. The lowest BCUT2D eigenvalue weighted by Crippen LogP contribution is -2.22. The first kappa shape index (κ1) is 21.8. The number of allylic oxidation sites excluding steroid dienone is 1. The van der Waals surface area contributed by atoms with E-state index < -0.39 is 0 Å². The number of nitrogens with zero attached hydrogens (tertiary/aromatic N) is 4. The average Bonchev–Trinajstić information content (AvgIpc) is 3.33. The van der Waals surface area contributed by atoms with Crippen LogP contribution in [0.15, 0.2) is 41.4 Å². The third-order valence-corrected chi connectivity index (χ3v) is 6.13. The molecule has 3 rings (SSSR count). The number of ether oxygens (including phenoxy) is 2. The zero-order valence-corrected chi connectivity index (χ0v) is 18.8. The Labute approximate surface area is 183 Å². The summed E-state index contributed by atoms with van der Waals surface area (Å²) in [4.78, 5) is 16.8. The summed E-state index contributed by atoms with van der Waals surface area (Å²) < 4.78 is 12.6. The number of hydrogen-bond donors (Lipinski definition) is 1. The van der Waals surface area contributed by atoms with E-state index in [4.69, 9.17) is 9.47 Å². The molecule has 1 amide bonds. The van der Waals surface area contributed by atoms with Crippen LogP contribution in [0.25, 0.3) is 11.4 Å². The zero-order valence-electron chi connectivity index (χ0n) is 17.2. The molecule has 1 aromatic carbocycles. The van der Waals surface area contributed by atoms with Gasteiger partial charge in [-0.1, -0.05) is 17.8 Å². The normalized spacial score (nSPS) is 11.7. The lowest BCUT2D eigenvalue weighted by atomic mass is 10.2. The van der Waals surface area contributed by atoms with Gasteiger partial charge in [-0.15, -0.1) is 28.1 Å². The van der Waals surface area contributed by atoms with Crippen LogP contribution >= 0.6 is 23.1 Å². The van der Waals surface area contributed by atoms with E-state index in [2.05, 4.69) is 27.1 Å². The number of aromatic nitrogens is 4. The third-order valence-electron chi connectivity index (χ3n) is 4.17. The fourth-order valence-corrected chi connectivity index (χ4v) is 4.24. The second-order valence-electron chi connectivity index (χ2n) is 6.32. The molecule has 0 spiro atoms. The molecule has 1 atom stereocenters. The molecule has 1 N–H and O–H groups in total. The van der Waals surface area contributed by atoms with Crippen LogP contribution in [0.4, 0.5) is 5.13 Å². The molecule has 2 heterocycles. The van der Waals surface area contributed by atoms with Crippen LogP contribution in [0.2, 0.25) is 0 Å². The Hall–Kier alpha value is -2.85. The van der Waals surface area contributed by atoms with E-state index in [9.17, 15) is 4.79 Å². The summed E-state index contributed by atoms with van der Waals surface area (Å²) in [5.74, 6) is 1.74. The molecule has 158 valence electrons. The van der Waals surface area contributed by atoms with Gasteiger partial charge in [-0.25, -0.2) is 4.98 Å². The molecule has 0 radical (unpaired) electrons. The Morgan fingerprint density at radius 2 is 2.10 bits per heavy atom. The van der Waals surface area contributed by atoms with E-state index in [1.165, 1.54) is 23.1 Å². The van der Waals surface area contributed by atoms with Gasteiger partial charge in [0.2, 0.25) is 5.91 Å². The van der Waals surface area contributed by atoms with Crippen LogP contribution in [0, 0.1) is 6.92 Å². The largest absolute Gasteiger partial charge is 0.493 e. The van der Waals surface area contributed by atoms with Gasteiger partial charge < -0.3 is 14.8 Å². The SMILES string of the molecule is C=CCn1c(S[C@H](C)C(=O)Nc2nc(C)cs2)nnc1-c1ccc(OC)c(OC)c1. The number of anilines is 1. The molecule has 3 aromatic rings. The Morgan fingerprint density at radius 1 is 1.33 bits per heavy atom. The molecule has 0 aliphatic heterocycles. The van der Waals surface area contributed by atoms with Crippen LogP contribution in [0.1, 0.15) is 12.6 Å². The molecule has 0 aliphatic rings. The summed E-state index contributed by atoms with van der Waals surface area (Å²) in [6, 6.07) is 5.55. The van der Waals surface area contributed by atoms with Crippen molar-refractivity contribution >= 4 is 34.1 Å². The third kappa shape index (κ3) is 4.82. The van der Waals surface area contributed by atoms with E-state index in [0.717, 1.165) is 11.3 Å². The lowest BCUT2D eigenvalue weighted by Gasteiger charge is -2.13. The van der Waals surface area contributed by atoms with Crippen molar-refractivity contribution in [3.63, 3.8) is 0 Å². The second-order valence-corrected chi connectivity index (χ2v) is 8.48. The molecule has 0 unspecified atom stereocenters. The highest BCUT2D eigenvalue weighted by Gasteiger charge is 2.22. The highest BCUT2D eigenvalue weighted by atomic mass is 32.2. The number of carbonyl (C=O) groups is 1. The molecular weight excluding hydrogens is 422 g/mol. The second kappa shape index (κ2) is 9.77. The number of benzene rings is 1. The summed E-state index contributed by atoms with van der Waals surface area (Å²) in [6.07, 6.45) is 1.76. The molecule has 10 heteroatoms. The molecule has 0 saturated heterocycles. The van der Waals surface area contributed by atoms with Crippen LogP contribution < -0.4 is 14.8 Å². The maximum atomic E-state index is 12.6. The predicted octanol–water partition coefficient (Wildman–Crippen LogP) is 4.03. The quantitative estimate of drug-likeness (QED) is 0.393. The maximum Gasteiger partial charge on any atom is 0.239 e. The first-order valence-corrected chi connectivity index (χ1v) is 10.9. The minimum Gasteiger partial charge on any atom is -0.493 e. The highest BCUT2D eigenvalue weighted by Crippen LogP contribution is 2.33. The van der Waals surface area contributed by atoms with Crippen LogP contribution in [0.3, 0.4) is 0 Å². The van der Waals surface area contributed by atoms with Gasteiger partial charge in [0, 0.05) is 17.5 Å². The number of aryl methyl sites for hydroxylation is 1. The standard InChI is InChI=1S/C20H23N5O3S2/c1-6-9-25-17(14-7-8-15(27-4)16(10-14)28-5)23-24-20(25)30-13(3)18(26)22-19-21-12(2)11-29-19/h6-8,10-11,13H,1,9H2,2-5H3,(H,21,22,26)/t13-/m1/s1. The summed E-state index contributed by atoms with van der Waals surface area (Å²) in [6.45, 7) is 8.04. The van der Waals surface area contributed by atoms with Gasteiger partial charge in [-0.3, -0.25) is 9.36 Å². The lowest BCUT2D eigenvalue weighted by molar-refractivity contribution is -0.115. The van der Waals surface area contributed by atoms with Crippen LogP contribution in [0.5, 0.6) is 11.5 Å². The van der Waals surface area contributed by atoms with Crippen molar-refractivity contribution < 1.29 is 14.3 Å². The van der Waals surface area contributed by atoms with Gasteiger partial charge in [-0.05, 0) is 32.0 Å². The summed E-state index contributed by atoms with van der Waals surface area (Å²) in [7, 11) is 3.17. The molecular formula is C20H23N5O3S2. The monoisotopic (exact) mass is 445 g/mol.